The summed E-state index contributed by atoms with van der Waals surface area (Å²) >= 11 is 0. The number of benzene rings is 2. The van der Waals surface area contributed by atoms with Crippen LogP contribution in [-0.4, -0.2) is 13.5 Å². The van der Waals surface area contributed by atoms with E-state index in [-0.39, 0.29) is 16.3 Å². The average molecular weight is 294 g/mol. The number of rotatable bonds is 5. The zero-order valence-corrected chi connectivity index (χ0v) is 10.9. The lowest BCUT2D eigenvalue weighted by atomic mass is 10.3. The van der Waals surface area contributed by atoms with Crippen LogP contribution in [0, 0.1) is 10.1 Å². The maximum Gasteiger partial charge on any atom is 0.299 e. The van der Waals surface area contributed by atoms with Crippen LogP contribution in [0.3, 0.4) is 0 Å². The maximum absolute atomic E-state index is 12.0. The van der Waals surface area contributed by atoms with E-state index in [0.717, 1.165) is 0 Å². The highest BCUT2D eigenvalue weighted by molar-refractivity contribution is 7.92. The van der Waals surface area contributed by atoms with E-state index in [0.29, 0.717) is 0 Å². The molecule has 0 bridgehead atoms. The Hall–Kier alpha value is -2.61. The molecule has 7 nitrogen and oxygen atoms in total. The SMILES string of the molecule is O=[N+]([O-])Oc1ccc(NS(=O)(=O)c2ccccc2)cc1. The van der Waals surface area contributed by atoms with Gasteiger partial charge in [-0.1, -0.05) is 18.2 Å². The van der Waals surface area contributed by atoms with E-state index in [9.17, 15) is 18.5 Å². The van der Waals surface area contributed by atoms with Crippen molar-refractivity contribution in [3.05, 3.63) is 64.7 Å². The van der Waals surface area contributed by atoms with Gasteiger partial charge in [-0.3, -0.25) is 9.56 Å². The van der Waals surface area contributed by atoms with Gasteiger partial charge in [-0.15, -0.1) is 10.1 Å². The quantitative estimate of drug-likeness (QED) is 0.672. The highest BCUT2D eigenvalue weighted by atomic mass is 32.2. The first-order valence-corrected chi connectivity index (χ1v) is 6.96. The van der Waals surface area contributed by atoms with Gasteiger partial charge >= 0.3 is 0 Å². The van der Waals surface area contributed by atoms with Crippen molar-refractivity contribution in [1.82, 2.24) is 0 Å². The lowest BCUT2D eigenvalue weighted by Crippen LogP contribution is -2.12. The minimum atomic E-state index is -3.67. The van der Waals surface area contributed by atoms with E-state index >= 15 is 0 Å². The van der Waals surface area contributed by atoms with E-state index < -0.39 is 15.1 Å². The Kier molecular flexibility index (Phi) is 3.85. The largest absolute Gasteiger partial charge is 0.299 e. The lowest BCUT2D eigenvalue weighted by molar-refractivity contribution is -0.711. The number of sulfonamides is 1. The number of nitrogens with one attached hydrogen (secondary N) is 1. The minimum Gasteiger partial charge on any atom is -0.280 e. The van der Waals surface area contributed by atoms with Crippen molar-refractivity contribution < 1.29 is 18.3 Å². The topological polar surface area (TPSA) is 98.5 Å². The van der Waals surface area contributed by atoms with Gasteiger partial charge in [-0.25, -0.2) is 8.42 Å². The van der Waals surface area contributed by atoms with E-state index in [2.05, 4.69) is 9.56 Å². The molecule has 0 saturated heterocycles. The van der Waals surface area contributed by atoms with Crippen LogP contribution >= 0.6 is 0 Å². The van der Waals surface area contributed by atoms with Crippen LogP contribution in [-0.2, 0) is 10.0 Å². The summed E-state index contributed by atoms with van der Waals surface area (Å²) in [6, 6.07) is 13.2. The van der Waals surface area contributed by atoms with Crippen LogP contribution in [0.25, 0.3) is 0 Å². The van der Waals surface area contributed by atoms with Crippen LogP contribution in [0.2, 0.25) is 0 Å². The molecule has 0 aromatic heterocycles. The summed E-state index contributed by atoms with van der Waals surface area (Å²) in [5, 5.41) is 9.20. The van der Waals surface area contributed by atoms with Crippen LogP contribution in [0.15, 0.2) is 59.5 Å². The van der Waals surface area contributed by atoms with Crippen molar-refractivity contribution in [2.45, 2.75) is 4.90 Å². The molecule has 2 rings (SSSR count). The van der Waals surface area contributed by atoms with Crippen molar-refractivity contribution >= 4 is 15.7 Å². The molecule has 8 heteroatoms. The molecule has 0 aliphatic carbocycles. The first-order valence-electron chi connectivity index (χ1n) is 5.48. The van der Waals surface area contributed by atoms with Crippen molar-refractivity contribution in [2.75, 3.05) is 4.72 Å². The molecule has 2 aromatic carbocycles. The third kappa shape index (κ3) is 3.45. The summed E-state index contributed by atoms with van der Waals surface area (Å²) in [6.07, 6.45) is 0. The minimum absolute atomic E-state index is 0.0117. The molecular weight excluding hydrogens is 284 g/mol. The van der Waals surface area contributed by atoms with E-state index in [1.807, 2.05) is 0 Å². The summed E-state index contributed by atoms with van der Waals surface area (Å²) < 4.78 is 26.4. The predicted molar refractivity (Wildman–Crippen MR) is 71.3 cm³/mol. The molecule has 0 saturated carbocycles. The molecule has 1 N–H and O–H groups in total. The smallest absolute Gasteiger partial charge is 0.280 e. The van der Waals surface area contributed by atoms with Gasteiger partial charge in [-0.2, -0.15) is 0 Å². The molecule has 0 radical (unpaired) electrons. The molecule has 0 aliphatic heterocycles. The Labute approximate surface area is 115 Å². The van der Waals surface area contributed by atoms with Gasteiger partial charge in [-0.05, 0) is 36.4 Å². The number of anilines is 1. The summed E-state index contributed by atoms with van der Waals surface area (Å²) in [5.74, 6) is 0.0117. The first kappa shape index (κ1) is 13.8. The Morgan fingerprint density at radius 1 is 1.00 bits per heavy atom. The molecule has 0 unspecified atom stereocenters. The van der Waals surface area contributed by atoms with Crippen molar-refractivity contribution in [3.8, 4) is 5.75 Å². The number of hydrogen-bond acceptors (Lipinski definition) is 5. The first-order chi connectivity index (χ1) is 9.47. The van der Waals surface area contributed by atoms with Gasteiger partial charge in [0.15, 0.2) is 0 Å². The van der Waals surface area contributed by atoms with Gasteiger partial charge in [0.05, 0.1) is 4.90 Å². The van der Waals surface area contributed by atoms with Crippen LogP contribution < -0.4 is 9.56 Å². The van der Waals surface area contributed by atoms with E-state index in [1.165, 1.54) is 36.4 Å². The van der Waals surface area contributed by atoms with Crippen LogP contribution in [0.1, 0.15) is 0 Å². The van der Waals surface area contributed by atoms with Crippen LogP contribution in [0.4, 0.5) is 5.69 Å². The Morgan fingerprint density at radius 2 is 1.60 bits per heavy atom. The van der Waals surface area contributed by atoms with Crippen LogP contribution in [0.5, 0.6) is 5.75 Å². The third-order valence-corrected chi connectivity index (χ3v) is 3.74. The fraction of sp³-hybridized carbons (Fsp3) is 0. The molecule has 0 heterocycles. The zero-order valence-electron chi connectivity index (χ0n) is 10.1. The molecule has 0 aliphatic rings. The van der Waals surface area contributed by atoms with Gasteiger partial charge in [0.2, 0.25) is 0 Å². The maximum atomic E-state index is 12.0. The number of nitrogens with zero attached hydrogens (tertiary/aromatic N) is 1. The highest BCUT2D eigenvalue weighted by Crippen LogP contribution is 2.19. The van der Waals surface area contributed by atoms with Crippen molar-refractivity contribution in [2.24, 2.45) is 0 Å². The van der Waals surface area contributed by atoms with Crippen molar-refractivity contribution in [3.63, 3.8) is 0 Å². The predicted octanol–water partition coefficient (Wildman–Crippen LogP) is 2.06. The summed E-state index contributed by atoms with van der Waals surface area (Å²) in [7, 11) is -3.67. The van der Waals surface area contributed by atoms with Gasteiger partial charge in [0.25, 0.3) is 15.1 Å². The monoisotopic (exact) mass is 294 g/mol. The van der Waals surface area contributed by atoms with E-state index in [1.54, 1.807) is 18.2 Å². The second kappa shape index (κ2) is 5.57. The normalized spacial score (nSPS) is 10.8. The van der Waals surface area contributed by atoms with E-state index in [4.69, 9.17) is 0 Å². The van der Waals surface area contributed by atoms with Gasteiger partial charge in [0, 0.05) is 5.69 Å². The molecule has 20 heavy (non-hydrogen) atoms. The Balaban J connectivity index is 2.16. The average Bonchev–Trinajstić information content (AvgIpc) is 2.41. The zero-order chi connectivity index (χ0) is 14.6. The van der Waals surface area contributed by atoms with Gasteiger partial charge < -0.3 is 0 Å². The lowest BCUT2D eigenvalue weighted by Gasteiger charge is -2.08. The Bertz CT molecular complexity index is 698. The number of hydrogen-bond donors (Lipinski definition) is 1. The van der Waals surface area contributed by atoms with Crippen molar-refractivity contribution in [1.29, 1.82) is 0 Å². The molecule has 0 atom stereocenters. The summed E-state index contributed by atoms with van der Waals surface area (Å²) in [6.45, 7) is 0. The third-order valence-electron chi connectivity index (χ3n) is 2.34. The molecule has 104 valence electrons. The molecule has 0 amide bonds. The second-order valence-electron chi connectivity index (χ2n) is 3.76. The Morgan fingerprint density at radius 3 is 2.15 bits per heavy atom. The molecule has 0 fully saturated rings. The van der Waals surface area contributed by atoms with Gasteiger partial charge in [0.1, 0.15) is 5.75 Å². The fourth-order valence-electron chi connectivity index (χ4n) is 1.48. The summed E-state index contributed by atoms with van der Waals surface area (Å²) in [5.41, 5.74) is 0.282. The molecular formula is C12H10N2O5S. The fourth-order valence-corrected chi connectivity index (χ4v) is 2.56. The standard InChI is InChI=1S/C12H10N2O5S/c15-14(16)19-11-8-6-10(7-9-11)13-20(17,18)12-4-2-1-3-5-12/h1-9,13H. The highest BCUT2D eigenvalue weighted by Gasteiger charge is 2.13. The summed E-state index contributed by atoms with van der Waals surface area (Å²) in [4.78, 5) is 14.5. The molecule has 2 aromatic rings. The molecule has 0 spiro atoms. The second-order valence-corrected chi connectivity index (χ2v) is 5.44.